The number of likely N-dealkylation sites (tertiary alicyclic amines) is 1. The SMILES string of the molecule is O=C(NCc1cccnc1)C1=NOC2(CCCN(C(=O)Nc3ccc(Cl)cc3)C2)C1. The Kier molecular flexibility index (Phi) is 5.85. The van der Waals surface area contributed by atoms with Crippen molar-refractivity contribution in [1.29, 1.82) is 0 Å². The van der Waals surface area contributed by atoms with Crippen LogP contribution in [0.25, 0.3) is 0 Å². The summed E-state index contributed by atoms with van der Waals surface area (Å²) in [6.45, 7) is 1.36. The van der Waals surface area contributed by atoms with Gasteiger partial charge in [0.1, 0.15) is 5.71 Å². The zero-order valence-corrected chi connectivity index (χ0v) is 17.1. The van der Waals surface area contributed by atoms with Gasteiger partial charge in [-0.1, -0.05) is 22.8 Å². The van der Waals surface area contributed by atoms with Crippen molar-refractivity contribution < 1.29 is 14.4 Å². The normalized spacial score (nSPS) is 20.4. The molecule has 30 heavy (non-hydrogen) atoms. The Hall–Kier alpha value is -3.13. The molecule has 1 fully saturated rings. The zero-order chi connectivity index (χ0) is 21.0. The minimum absolute atomic E-state index is 0.213. The molecule has 2 N–H and O–H groups in total. The summed E-state index contributed by atoms with van der Waals surface area (Å²) in [6.07, 6.45) is 5.26. The molecule has 2 aromatic rings. The number of piperidine rings is 1. The summed E-state index contributed by atoms with van der Waals surface area (Å²) in [5.41, 5.74) is 1.26. The number of carbonyl (C=O) groups is 2. The van der Waals surface area contributed by atoms with Crippen molar-refractivity contribution in [1.82, 2.24) is 15.2 Å². The predicted octanol–water partition coefficient (Wildman–Crippen LogP) is 3.19. The highest BCUT2D eigenvalue weighted by Gasteiger charge is 2.45. The first kappa shape index (κ1) is 20.2. The third-order valence-electron chi connectivity index (χ3n) is 5.20. The molecular weight excluding hydrogens is 406 g/mol. The molecule has 8 nitrogen and oxygen atoms in total. The maximum Gasteiger partial charge on any atom is 0.321 e. The van der Waals surface area contributed by atoms with E-state index in [1.54, 1.807) is 41.6 Å². The fourth-order valence-electron chi connectivity index (χ4n) is 3.66. The number of halogens is 1. The Morgan fingerprint density at radius 2 is 2.07 bits per heavy atom. The largest absolute Gasteiger partial charge is 0.386 e. The van der Waals surface area contributed by atoms with Gasteiger partial charge in [0, 0.05) is 42.6 Å². The predicted molar refractivity (Wildman–Crippen MR) is 113 cm³/mol. The van der Waals surface area contributed by atoms with Crippen LogP contribution < -0.4 is 10.6 Å². The van der Waals surface area contributed by atoms with Crippen molar-refractivity contribution in [2.45, 2.75) is 31.4 Å². The molecule has 0 radical (unpaired) electrons. The minimum Gasteiger partial charge on any atom is -0.386 e. The van der Waals surface area contributed by atoms with Gasteiger partial charge in [0.2, 0.25) is 0 Å². The fourth-order valence-corrected chi connectivity index (χ4v) is 3.78. The summed E-state index contributed by atoms with van der Waals surface area (Å²) < 4.78 is 0. The second-order valence-corrected chi connectivity index (χ2v) is 7.93. The van der Waals surface area contributed by atoms with E-state index in [2.05, 4.69) is 20.8 Å². The number of nitrogens with zero attached hydrogens (tertiary/aromatic N) is 3. The quantitative estimate of drug-likeness (QED) is 0.783. The van der Waals surface area contributed by atoms with E-state index in [0.29, 0.717) is 42.5 Å². The summed E-state index contributed by atoms with van der Waals surface area (Å²) in [7, 11) is 0. The van der Waals surface area contributed by atoms with Crippen LogP contribution in [-0.2, 0) is 16.2 Å². The molecule has 156 valence electrons. The molecule has 0 aliphatic carbocycles. The molecule has 1 aromatic carbocycles. The molecule has 1 spiro atoms. The van der Waals surface area contributed by atoms with Crippen LogP contribution >= 0.6 is 11.6 Å². The lowest BCUT2D eigenvalue weighted by molar-refractivity contribution is -0.115. The van der Waals surface area contributed by atoms with Gasteiger partial charge in [-0.2, -0.15) is 0 Å². The molecule has 1 atom stereocenters. The number of oxime groups is 1. The maximum absolute atomic E-state index is 12.7. The summed E-state index contributed by atoms with van der Waals surface area (Å²) in [4.78, 5) is 36.6. The van der Waals surface area contributed by atoms with Crippen LogP contribution in [0.15, 0.2) is 53.9 Å². The Morgan fingerprint density at radius 1 is 1.23 bits per heavy atom. The zero-order valence-electron chi connectivity index (χ0n) is 16.3. The van der Waals surface area contributed by atoms with E-state index < -0.39 is 5.60 Å². The van der Waals surface area contributed by atoms with Gasteiger partial charge < -0.3 is 20.4 Å². The molecule has 3 heterocycles. The number of hydrogen-bond donors (Lipinski definition) is 2. The van der Waals surface area contributed by atoms with Crippen molar-refractivity contribution in [3.05, 3.63) is 59.4 Å². The lowest BCUT2D eigenvalue weighted by Crippen LogP contribution is -2.52. The molecule has 1 aromatic heterocycles. The van der Waals surface area contributed by atoms with E-state index in [9.17, 15) is 9.59 Å². The van der Waals surface area contributed by atoms with Crippen LogP contribution in [0.4, 0.5) is 10.5 Å². The van der Waals surface area contributed by atoms with Crippen LogP contribution in [0, 0.1) is 0 Å². The Balaban J connectivity index is 1.32. The van der Waals surface area contributed by atoms with Gasteiger partial charge in [-0.15, -0.1) is 0 Å². The number of anilines is 1. The number of benzene rings is 1. The first-order chi connectivity index (χ1) is 14.5. The highest BCUT2D eigenvalue weighted by molar-refractivity contribution is 6.39. The fraction of sp³-hybridized carbons (Fsp3) is 0.333. The van der Waals surface area contributed by atoms with Gasteiger partial charge in [-0.3, -0.25) is 9.78 Å². The monoisotopic (exact) mass is 427 g/mol. The van der Waals surface area contributed by atoms with Gasteiger partial charge in [0.05, 0.1) is 6.54 Å². The number of nitrogens with one attached hydrogen (secondary N) is 2. The second kappa shape index (κ2) is 8.71. The number of hydrogen-bond acceptors (Lipinski definition) is 5. The van der Waals surface area contributed by atoms with Gasteiger partial charge in [0.25, 0.3) is 5.91 Å². The third-order valence-corrected chi connectivity index (χ3v) is 5.45. The second-order valence-electron chi connectivity index (χ2n) is 7.50. The van der Waals surface area contributed by atoms with Crippen molar-refractivity contribution in [3.63, 3.8) is 0 Å². The van der Waals surface area contributed by atoms with Crippen molar-refractivity contribution in [3.8, 4) is 0 Å². The highest BCUT2D eigenvalue weighted by atomic mass is 35.5. The Bertz CT molecular complexity index is 951. The summed E-state index contributed by atoms with van der Waals surface area (Å²) >= 11 is 5.89. The van der Waals surface area contributed by atoms with Crippen LogP contribution in [0.2, 0.25) is 5.02 Å². The van der Waals surface area contributed by atoms with Crippen molar-refractivity contribution in [2.24, 2.45) is 5.16 Å². The van der Waals surface area contributed by atoms with E-state index >= 15 is 0 Å². The van der Waals surface area contributed by atoms with Crippen LogP contribution in [-0.4, -0.2) is 46.2 Å². The molecule has 0 bridgehead atoms. The summed E-state index contributed by atoms with van der Waals surface area (Å²) in [5, 5.41) is 10.3. The molecule has 1 unspecified atom stereocenters. The van der Waals surface area contributed by atoms with Crippen molar-refractivity contribution >= 4 is 34.9 Å². The molecule has 1 saturated heterocycles. The van der Waals surface area contributed by atoms with E-state index in [0.717, 1.165) is 18.4 Å². The maximum atomic E-state index is 12.7. The van der Waals surface area contributed by atoms with Gasteiger partial charge in [0.15, 0.2) is 5.60 Å². The summed E-state index contributed by atoms with van der Waals surface area (Å²) in [6, 6.07) is 10.4. The molecule has 0 saturated carbocycles. The molecule has 2 aliphatic heterocycles. The smallest absolute Gasteiger partial charge is 0.321 e. The van der Waals surface area contributed by atoms with Crippen molar-refractivity contribution in [2.75, 3.05) is 18.4 Å². The average molecular weight is 428 g/mol. The first-order valence-corrected chi connectivity index (χ1v) is 10.1. The van der Waals surface area contributed by atoms with E-state index in [1.807, 2.05) is 12.1 Å². The molecular formula is C21H22ClN5O3. The number of amides is 3. The summed E-state index contributed by atoms with van der Waals surface area (Å²) in [5.74, 6) is -0.265. The van der Waals surface area contributed by atoms with E-state index in [4.69, 9.17) is 16.4 Å². The highest BCUT2D eigenvalue weighted by Crippen LogP contribution is 2.33. The number of aromatic nitrogens is 1. The first-order valence-electron chi connectivity index (χ1n) is 9.77. The van der Waals surface area contributed by atoms with Gasteiger partial charge in [-0.05, 0) is 48.7 Å². The third kappa shape index (κ3) is 4.71. The molecule has 9 heteroatoms. The van der Waals surface area contributed by atoms with Gasteiger partial charge >= 0.3 is 6.03 Å². The average Bonchev–Trinajstić information content (AvgIpc) is 3.17. The number of rotatable bonds is 4. The van der Waals surface area contributed by atoms with Crippen LogP contribution in [0.5, 0.6) is 0 Å². The lowest BCUT2D eigenvalue weighted by Gasteiger charge is -2.38. The number of pyridine rings is 1. The van der Waals surface area contributed by atoms with E-state index in [1.165, 1.54) is 0 Å². The molecule has 2 aliphatic rings. The molecule has 3 amide bonds. The Labute approximate surface area is 179 Å². The lowest BCUT2D eigenvalue weighted by atomic mass is 9.88. The molecule has 4 rings (SSSR count). The van der Waals surface area contributed by atoms with Crippen LogP contribution in [0.1, 0.15) is 24.8 Å². The standard InChI is InChI=1S/C21H22ClN5O3/c22-16-4-6-17(7-5-16)25-20(29)27-10-2-8-21(14-27)11-18(26-30-21)19(28)24-13-15-3-1-9-23-12-15/h1,3-7,9,12H,2,8,10-11,13-14H2,(H,24,28)(H,25,29). The van der Waals surface area contributed by atoms with E-state index in [-0.39, 0.29) is 11.9 Å². The van der Waals surface area contributed by atoms with Gasteiger partial charge in [-0.25, -0.2) is 4.79 Å². The minimum atomic E-state index is -0.656. The number of urea groups is 1. The van der Waals surface area contributed by atoms with Crippen LogP contribution in [0.3, 0.4) is 0 Å². The number of carbonyl (C=O) groups excluding carboxylic acids is 2. The Morgan fingerprint density at radius 3 is 2.83 bits per heavy atom. The topological polar surface area (TPSA) is 95.9 Å².